The first-order valence-corrected chi connectivity index (χ1v) is 6.44. The largest absolute Gasteiger partial charge is 0.430 e. The SMILES string of the molecule is CNc1ncc(Br)c(Oc2c(C)cccc2[N+](=O)[O-])n1. The van der Waals surface area contributed by atoms with Gasteiger partial charge in [0.15, 0.2) is 0 Å². The molecule has 0 radical (unpaired) electrons. The molecule has 1 N–H and O–H groups in total. The van der Waals surface area contributed by atoms with Crippen LogP contribution in [0.4, 0.5) is 11.6 Å². The first-order valence-electron chi connectivity index (χ1n) is 5.65. The summed E-state index contributed by atoms with van der Waals surface area (Å²) in [6.45, 7) is 1.73. The molecule has 0 saturated heterocycles. The zero-order valence-corrected chi connectivity index (χ0v) is 12.3. The molecule has 1 aromatic carbocycles. The lowest BCUT2D eigenvalue weighted by Crippen LogP contribution is -2.01. The number of nitrogens with zero attached hydrogens (tertiary/aromatic N) is 3. The van der Waals surface area contributed by atoms with Crippen LogP contribution in [0.25, 0.3) is 0 Å². The van der Waals surface area contributed by atoms with Gasteiger partial charge < -0.3 is 10.1 Å². The van der Waals surface area contributed by atoms with Gasteiger partial charge in [0, 0.05) is 13.1 Å². The summed E-state index contributed by atoms with van der Waals surface area (Å²) in [5, 5.41) is 13.8. The van der Waals surface area contributed by atoms with Gasteiger partial charge in [-0.25, -0.2) is 4.98 Å². The Labute approximate surface area is 123 Å². The van der Waals surface area contributed by atoms with Crippen LogP contribution in [0, 0.1) is 17.0 Å². The summed E-state index contributed by atoms with van der Waals surface area (Å²) in [4.78, 5) is 18.7. The third-order valence-electron chi connectivity index (χ3n) is 2.52. The molecule has 0 bridgehead atoms. The van der Waals surface area contributed by atoms with Crippen LogP contribution in [0.5, 0.6) is 11.6 Å². The van der Waals surface area contributed by atoms with Gasteiger partial charge in [-0.2, -0.15) is 4.98 Å². The summed E-state index contributed by atoms with van der Waals surface area (Å²) in [7, 11) is 1.67. The van der Waals surface area contributed by atoms with Gasteiger partial charge >= 0.3 is 5.69 Å². The van der Waals surface area contributed by atoms with Gasteiger partial charge in [-0.05, 0) is 28.4 Å². The molecule has 0 aliphatic rings. The number of hydrogen-bond donors (Lipinski definition) is 1. The fourth-order valence-electron chi connectivity index (χ4n) is 1.55. The number of hydrogen-bond acceptors (Lipinski definition) is 6. The quantitative estimate of drug-likeness (QED) is 0.679. The highest BCUT2D eigenvalue weighted by Crippen LogP contribution is 2.36. The van der Waals surface area contributed by atoms with Crippen molar-refractivity contribution < 1.29 is 9.66 Å². The van der Waals surface area contributed by atoms with Crippen molar-refractivity contribution in [2.45, 2.75) is 6.92 Å². The van der Waals surface area contributed by atoms with Crippen LogP contribution in [0.3, 0.4) is 0 Å². The summed E-state index contributed by atoms with van der Waals surface area (Å²) >= 11 is 3.26. The second-order valence-corrected chi connectivity index (χ2v) is 4.73. The van der Waals surface area contributed by atoms with Gasteiger partial charge in [-0.1, -0.05) is 12.1 Å². The van der Waals surface area contributed by atoms with E-state index in [1.165, 1.54) is 12.3 Å². The van der Waals surface area contributed by atoms with Crippen LogP contribution in [-0.2, 0) is 0 Å². The minimum absolute atomic E-state index is 0.110. The fraction of sp³-hybridized carbons (Fsp3) is 0.167. The van der Waals surface area contributed by atoms with Crippen molar-refractivity contribution in [2.24, 2.45) is 0 Å². The molecule has 0 aliphatic heterocycles. The zero-order valence-electron chi connectivity index (χ0n) is 10.8. The second-order valence-electron chi connectivity index (χ2n) is 3.88. The molecule has 0 fully saturated rings. The predicted molar refractivity (Wildman–Crippen MR) is 77.2 cm³/mol. The maximum Gasteiger partial charge on any atom is 0.311 e. The van der Waals surface area contributed by atoms with E-state index < -0.39 is 4.92 Å². The summed E-state index contributed by atoms with van der Waals surface area (Å²) < 4.78 is 6.10. The smallest absolute Gasteiger partial charge is 0.311 e. The molecule has 2 rings (SSSR count). The van der Waals surface area contributed by atoms with Crippen molar-refractivity contribution in [1.29, 1.82) is 0 Å². The van der Waals surface area contributed by atoms with Crippen LogP contribution >= 0.6 is 15.9 Å². The molecule has 20 heavy (non-hydrogen) atoms. The molecule has 8 heteroatoms. The Balaban J connectivity index is 2.47. The molecule has 2 aromatic rings. The Morgan fingerprint density at radius 2 is 2.20 bits per heavy atom. The lowest BCUT2D eigenvalue weighted by atomic mass is 10.2. The first kappa shape index (κ1) is 14.2. The number of nitrogens with one attached hydrogen (secondary N) is 1. The molecule has 0 spiro atoms. The minimum Gasteiger partial charge on any atom is -0.430 e. The van der Waals surface area contributed by atoms with Crippen molar-refractivity contribution in [3.05, 3.63) is 44.5 Å². The van der Waals surface area contributed by atoms with Crippen LogP contribution < -0.4 is 10.1 Å². The third kappa shape index (κ3) is 2.85. The van der Waals surface area contributed by atoms with Gasteiger partial charge in [0.2, 0.25) is 17.6 Å². The van der Waals surface area contributed by atoms with Gasteiger partial charge in [0.25, 0.3) is 0 Å². The monoisotopic (exact) mass is 338 g/mol. The summed E-state index contributed by atoms with van der Waals surface area (Å²) in [6, 6.07) is 4.72. The van der Waals surface area contributed by atoms with Crippen LogP contribution in [0.1, 0.15) is 5.56 Å². The Hall–Kier alpha value is -2.22. The average Bonchev–Trinajstić information content (AvgIpc) is 2.43. The second kappa shape index (κ2) is 5.83. The average molecular weight is 339 g/mol. The first-order chi connectivity index (χ1) is 9.52. The molecule has 0 saturated carbocycles. The predicted octanol–water partition coefficient (Wildman–Crippen LogP) is 3.29. The molecular weight excluding hydrogens is 328 g/mol. The van der Waals surface area contributed by atoms with E-state index in [0.29, 0.717) is 16.0 Å². The van der Waals surface area contributed by atoms with Crippen molar-refractivity contribution in [3.8, 4) is 11.6 Å². The third-order valence-corrected chi connectivity index (χ3v) is 3.07. The number of aryl methyl sites for hydroxylation is 1. The lowest BCUT2D eigenvalue weighted by molar-refractivity contribution is -0.385. The standard InChI is InChI=1S/C12H11BrN4O3/c1-7-4-3-5-9(17(18)19)10(7)20-11-8(13)6-15-12(14-2)16-11/h3-6H,1-2H3,(H,14,15,16). The Bertz CT molecular complexity index is 663. The van der Waals surface area contributed by atoms with Gasteiger partial charge in [-0.3, -0.25) is 10.1 Å². The summed E-state index contributed by atoms with van der Waals surface area (Å²) in [6.07, 6.45) is 1.51. The zero-order chi connectivity index (χ0) is 14.7. The van der Waals surface area contributed by atoms with E-state index in [1.54, 1.807) is 26.1 Å². The van der Waals surface area contributed by atoms with Crippen molar-refractivity contribution >= 4 is 27.6 Å². The van der Waals surface area contributed by atoms with Crippen molar-refractivity contribution in [2.75, 3.05) is 12.4 Å². The molecule has 1 heterocycles. The maximum absolute atomic E-state index is 11.0. The Morgan fingerprint density at radius 1 is 1.45 bits per heavy atom. The van der Waals surface area contributed by atoms with Crippen LogP contribution in [-0.4, -0.2) is 21.9 Å². The molecule has 0 unspecified atom stereocenters. The number of nitro benzene ring substituents is 1. The van der Waals surface area contributed by atoms with E-state index in [2.05, 4.69) is 31.2 Å². The van der Waals surface area contributed by atoms with E-state index in [1.807, 2.05) is 0 Å². The summed E-state index contributed by atoms with van der Waals surface area (Å²) in [5.74, 6) is 0.736. The number of nitro groups is 1. The van der Waals surface area contributed by atoms with E-state index in [0.717, 1.165) is 0 Å². The Morgan fingerprint density at radius 3 is 2.85 bits per heavy atom. The number of aromatic nitrogens is 2. The minimum atomic E-state index is -0.490. The molecule has 0 amide bonds. The summed E-state index contributed by atoms with van der Waals surface area (Å²) in [5.41, 5.74) is 0.539. The number of ether oxygens (including phenoxy) is 1. The number of para-hydroxylation sites is 1. The van der Waals surface area contributed by atoms with Gasteiger partial charge in [0.05, 0.1) is 15.6 Å². The topological polar surface area (TPSA) is 90.2 Å². The highest BCUT2D eigenvalue weighted by atomic mass is 79.9. The number of rotatable bonds is 4. The molecule has 0 atom stereocenters. The molecule has 1 aromatic heterocycles. The van der Waals surface area contributed by atoms with Gasteiger partial charge in [0.1, 0.15) is 0 Å². The maximum atomic E-state index is 11.0. The van der Waals surface area contributed by atoms with E-state index in [-0.39, 0.29) is 17.3 Å². The molecule has 104 valence electrons. The lowest BCUT2D eigenvalue weighted by Gasteiger charge is -2.10. The number of halogens is 1. The van der Waals surface area contributed by atoms with Crippen molar-refractivity contribution in [1.82, 2.24) is 9.97 Å². The van der Waals surface area contributed by atoms with E-state index >= 15 is 0 Å². The fourth-order valence-corrected chi connectivity index (χ4v) is 1.83. The van der Waals surface area contributed by atoms with Crippen molar-refractivity contribution in [3.63, 3.8) is 0 Å². The van der Waals surface area contributed by atoms with Gasteiger partial charge in [-0.15, -0.1) is 0 Å². The Kier molecular flexibility index (Phi) is 4.14. The molecule has 0 aliphatic carbocycles. The molecular formula is C12H11BrN4O3. The van der Waals surface area contributed by atoms with E-state index in [4.69, 9.17) is 4.74 Å². The molecule has 7 nitrogen and oxygen atoms in total. The normalized spacial score (nSPS) is 10.2. The highest BCUT2D eigenvalue weighted by molar-refractivity contribution is 9.10. The van der Waals surface area contributed by atoms with Crippen LogP contribution in [0.2, 0.25) is 0 Å². The number of anilines is 1. The van der Waals surface area contributed by atoms with E-state index in [9.17, 15) is 10.1 Å². The number of benzene rings is 1. The van der Waals surface area contributed by atoms with Crippen LogP contribution in [0.15, 0.2) is 28.9 Å². The highest BCUT2D eigenvalue weighted by Gasteiger charge is 2.19.